The normalized spacial score (nSPS) is 22.8. The smallest absolute Gasteiger partial charge is 0.408 e. The molecule has 0 bridgehead atoms. The Balaban J connectivity index is 2.38. The molecule has 0 saturated heterocycles. The molecule has 0 unspecified atom stereocenters. The van der Waals surface area contributed by atoms with Crippen LogP contribution in [0.25, 0.3) is 0 Å². The fourth-order valence-corrected chi connectivity index (χ4v) is 3.22. The zero-order chi connectivity index (χ0) is 17.4. The van der Waals surface area contributed by atoms with Crippen molar-refractivity contribution in [1.82, 2.24) is 5.32 Å². The van der Waals surface area contributed by atoms with E-state index in [2.05, 4.69) is 5.32 Å². The van der Waals surface area contributed by atoms with Crippen LogP contribution in [-0.2, 0) is 14.9 Å². The van der Waals surface area contributed by atoms with Gasteiger partial charge in [0, 0.05) is 0 Å². The lowest BCUT2D eigenvalue weighted by molar-refractivity contribution is -0.144. The van der Waals surface area contributed by atoms with Crippen molar-refractivity contribution in [2.75, 3.05) is 0 Å². The fourth-order valence-electron chi connectivity index (χ4n) is 3.22. The number of fused-ring (bicyclic) bond motifs is 1. The number of alkyl carbamates (subject to hydrolysis) is 1. The molecule has 1 aromatic carbocycles. The van der Waals surface area contributed by atoms with E-state index in [0.717, 1.165) is 11.1 Å². The minimum atomic E-state index is -0.909. The third kappa shape index (κ3) is 3.84. The van der Waals surface area contributed by atoms with Gasteiger partial charge in [-0.15, -0.1) is 0 Å². The van der Waals surface area contributed by atoms with Crippen LogP contribution in [0.1, 0.15) is 58.2 Å². The Morgan fingerprint density at radius 1 is 1.26 bits per heavy atom. The number of ether oxygens (including phenoxy) is 1. The van der Waals surface area contributed by atoms with E-state index in [1.54, 1.807) is 20.8 Å². The molecule has 126 valence electrons. The van der Waals surface area contributed by atoms with Gasteiger partial charge in [-0.25, -0.2) is 4.79 Å². The number of hydrogen-bond donors (Lipinski definition) is 2. The van der Waals surface area contributed by atoms with Crippen molar-refractivity contribution in [1.29, 1.82) is 0 Å². The summed E-state index contributed by atoms with van der Waals surface area (Å²) in [5, 5.41) is 12.4. The van der Waals surface area contributed by atoms with Crippen LogP contribution in [-0.4, -0.2) is 22.8 Å². The highest BCUT2D eigenvalue weighted by molar-refractivity contribution is 5.75. The summed E-state index contributed by atoms with van der Waals surface area (Å²) in [4.78, 5) is 23.9. The fraction of sp³-hybridized carbons (Fsp3) is 0.556. The van der Waals surface area contributed by atoms with Gasteiger partial charge < -0.3 is 15.2 Å². The van der Waals surface area contributed by atoms with E-state index in [4.69, 9.17) is 4.74 Å². The first kappa shape index (κ1) is 17.3. The van der Waals surface area contributed by atoms with Gasteiger partial charge in [-0.3, -0.25) is 4.79 Å². The maximum atomic E-state index is 12.1. The monoisotopic (exact) mass is 319 g/mol. The zero-order valence-corrected chi connectivity index (χ0v) is 14.3. The molecule has 1 aromatic rings. The molecule has 0 radical (unpaired) electrons. The molecule has 1 aliphatic rings. The van der Waals surface area contributed by atoms with Crippen LogP contribution in [0.4, 0.5) is 4.79 Å². The Morgan fingerprint density at radius 3 is 2.43 bits per heavy atom. The summed E-state index contributed by atoms with van der Waals surface area (Å²) in [5.41, 5.74) is 1.03. The molecule has 0 heterocycles. The van der Waals surface area contributed by atoms with Crippen LogP contribution in [0, 0.1) is 5.92 Å². The number of carbonyl (C=O) groups excluding carboxylic acids is 1. The molecule has 5 heteroatoms. The first-order chi connectivity index (χ1) is 10.5. The van der Waals surface area contributed by atoms with E-state index in [-0.39, 0.29) is 5.41 Å². The third-order valence-electron chi connectivity index (χ3n) is 4.15. The molecule has 0 spiro atoms. The van der Waals surface area contributed by atoms with Gasteiger partial charge in [-0.05, 0) is 43.7 Å². The number of rotatable bonds is 2. The Hall–Kier alpha value is -2.04. The van der Waals surface area contributed by atoms with E-state index in [0.29, 0.717) is 6.42 Å². The Bertz CT molecular complexity index is 616. The summed E-state index contributed by atoms with van der Waals surface area (Å²) >= 11 is 0. The molecule has 0 fully saturated rings. The summed E-state index contributed by atoms with van der Waals surface area (Å²) in [6.45, 7) is 9.40. The number of carboxylic acids is 1. The van der Waals surface area contributed by atoms with Crippen molar-refractivity contribution in [3.8, 4) is 0 Å². The zero-order valence-electron chi connectivity index (χ0n) is 14.3. The average Bonchev–Trinajstić information content (AvgIpc) is 2.39. The molecule has 0 aliphatic heterocycles. The van der Waals surface area contributed by atoms with Crippen LogP contribution < -0.4 is 5.32 Å². The van der Waals surface area contributed by atoms with Gasteiger partial charge in [0.1, 0.15) is 5.60 Å². The second-order valence-electron chi connectivity index (χ2n) is 7.74. The van der Waals surface area contributed by atoms with Crippen molar-refractivity contribution in [2.24, 2.45) is 5.92 Å². The van der Waals surface area contributed by atoms with E-state index in [9.17, 15) is 14.7 Å². The summed E-state index contributed by atoms with van der Waals surface area (Å²) in [5.74, 6) is -1.60. The Kier molecular flexibility index (Phi) is 4.42. The van der Waals surface area contributed by atoms with Gasteiger partial charge in [-0.1, -0.05) is 38.1 Å². The number of aliphatic carboxylic acids is 1. The lowest BCUT2D eigenvalue weighted by Gasteiger charge is -2.41. The summed E-state index contributed by atoms with van der Waals surface area (Å²) in [6.07, 6.45) is -0.136. The van der Waals surface area contributed by atoms with E-state index in [1.807, 2.05) is 38.1 Å². The van der Waals surface area contributed by atoms with Gasteiger partial charge >= 0.3 is 12.1 Å². The molecular weight excluding hydrogens is 294 g/mol. The lowest BCUT2D eigenvalue weighted by atomic mass is 9.66. The van der Waals surface area contributed by atoms with Crippen LogP contribution in [0.2, 0.25) is 0 Å². The first-order valence-corrected chi connectivity index (χ1v) is 7.83. The van der Waals surface area contributed by atoms with E-state index >= 15 is 0 Å². The number of nitrogens with one attached hydrogen (secondary N) is 1. The van der Waals surface area contributed by atoms with Gasteiger partial charge in [0.2, 0.25) is 0 Å². The topological polar surface area (TPSA) is 75.6 Å². The number of benzene rings is 1. The van der Waals surface area contributed by atoms with Crippen LogP contribution in [0.3, 0.4) is 0 Å². The molecule has 1 amide bonds. The van der Waals surface area contributed by atoms with Crippen molar-refractivity contribution in [3.05, 3.63) is 35.4 Å². The lowest BCUT2D eigenvalue weighted by Crippen LogP contribution is -2.45. The SMILES string of the molecule is CC(C)(C)OC(=O)N[C@H]1c2ccccc2C(C)(C)C[C@H]1C(=O)O. The first-order valence-electron chi connectivity index (χ1n) is 7.83. The van der Waals surface area contributed by atoms with Crippen molar-refractivity contribution >= 4 is 12.1 Å². The highest BCUT2D eigenvalue weighted by atomic mass is 16.6. The third-order valence-corrected chi connectivity index (χ3v) is 4.15. The summed E-state index contributed by atoms with van der Waals surface area (Å²) in [7, 11) is 0. The number of hydrogen-bond acceptors (Lipinski definition) is 3. The summed E-state index contributed by atoms with van der Waals surface area (Å²) < 4.78 is 5.29. The quantitative estimate of drug-likeness (QED) is 0.872. The van der Waals surface area contributed by atoms with E-state index in [1.165, 1.54) is 0 Å². The minimum Gasteiger partial charge on any atom is -0.481 e. The molecule has 2 rings (SSSR count). The van der Waals surface area contributed by atoms with Gasteiger partial charge in [0.05, 0.1) is 12.0 Å². The van der Waals surface area contributed by atoms with Gasteiger partial charge in [0.15, 0.2) is 0 Å². The maximum Gasteiger partial charge on any atom is 0.408 e. The maximum absolute atomic E-state index is 12.1. The second kappa shape index (κ2) is 5.87. The molecule has 0 saturated carbocycles. The van der Waals surface area contributed by atoms with Crippen molar-refractivity contribution < 1.29 is 19.4 Å². The molecule has 5 nitrogen and oxygen atoms in total. The highest BCUT2D eigenvalue weighted by Crippen LogP contribution is 2.44. The van der Waals surface area contributed by atoms with Crippen LogP contribution >= 0.6 is 0 Å². The standard InChI is InChI=1S/C18H25NO4/c1-17(2,3)23-16(22)19-14-11-8-6-7-9-13(11)18(4,5)10-12(14)15(20)21/h6-9,12,14H,10H2,1-5H3,(H,19,22)(H,20,21)/t12-,14+/m1/s1. The van der Waals surface area contributed by atoms with Crippen molar-refractivity contribution in [3.63, 3.8) is 0 Å². The number of amides is 1. The number of carboxylic acid groups (broad SMARTS) is 1. The predicted molar refractivity (Wildman–Crippen MR) is 87.3 cm³/mol. The second-order valence-corrected chi connectivity index (χ2v) is 7.74. The van der Waals surface area contributed by atoms with Crippen LogP contribution in [0.15, 0.2) is 24.3 Å². The largest absolute Gasteiger partial charge is 0.481 e. The Morgan fingerprint density at radius 2 is 1.87 bits per heavy atom. The molecule has 2 N–H and O–H groups in total. The van der Waals surface area contributed by atoms with E-state index < -0.39 is 29.6 Å². The summed E-state index contributed by atoms with van der Waals surface area (Å²) in [6, 6.07) is 7.09. The molecule has 0 aromatic heterocycles. The van der Waals surface area contributed by atoms with Crippen LogP contribution in [0.5, 0.6) is 0 Å². The molecule has 1 aliphatic carbocycles. The predicted octanol–water partition coefficient (Wildman–Crippen LogP) is 3.63. The Labute approximate surface area is 137 Å². The minimum absolute atomic E-state index is 0.258. The molecule has 2 atom stereocenters. The van der Waals surface area contributed by atoms with Gasteiger partial charge in [-0.2, -0.15) is 0 Å². The number of carbonyl (C=O) groups is 2. The highest BCUT2D eigenvalue weighted by Gasteiger charge is 2.43. The molecular formula is C18H25NO4. The average molecular weight is 319 g/mol. The van der Waals surface area contributed by atoms with Gasteiger partial charge in [0.25, 0.3) is 0 Å². The molecule has 23 heavy (non-hydrogen) atoms. The van der Waals surface area contributed by atoms with Crippen molar-refractivity contribution in [2.45, 2.75) is 58.1 Å².